The molecule has 1 saturated heterocycles. The summed E-state index contributed by atoms with van der Waals surface area (Å²) in [6, 6.07) is 5.70. The third kappa shape index (κ3) is 4.18. The van der Waals surface area contributed by atoms with Gasteiger partial charge in [-0.1, -0.05) is 6.92 Å². The molecule has 1 fully saturated rings. The van der Waals surface area contributed by atoms with Gasteiger partial charge in [-0.25, -0.2) is 4.79 Å². The number of rotatable bonds is 5. The van der Waals surface area contributed by atoms with Gasteiger partial charge in [-0.15, -0.1) is 0 Å². The number of carboxylic acid groups (broad SMARTS) is 1. The molecular formula is C19H26N2O4. The topological polar surface area (TPSA) is 77.9 Å². The van der Waals surface area contributed by atoms with Crippen molar-refractivity contribution in [1.29, 1.82) is 0 Å². The molecule has 1 aromatic rings. The smallest absolute Gasteiger partial charge is 0.326 e. The maximum absolute atomic E-state index is 12.7. The maximum atomic E-state index is 12.7. The normalized spacial score (nSPS) is 20.2. The van der Waals surface area contributed by atoms with Crippen LogP contribution in [0, 0.1) is 5.92 Å². The van der Waals surface area contributed by atoms with E-state index in [9.17, 15) is 19.5 Å². The quantitative estimate of drug-likeness (QED) is 0.888. The number of carboxylic acids is 1. The first kappa shape index (κ1) is 19.0. The number of benzene rings is 1. The molecule has 25 heavy (non-hydrogen) atoms. The highest BCUT2D eigenvalue weighted by atomic mass is 16.4. The third-order valence-corrected chi connectivity index (χ3v) is 4.84. The van der Waals surface area contributed by atoms with Gasteiger partial charge in [0.1, 0.15) is 6.04 Å². The zero-order valence-electron chi connectivity index (χ0n) is 15.1. The van der Waals surface area contributed by atoms with Crippen LogP contribution in [0.25, 0.3) is 0 Å². The van der Waals surface area contributed by atoms with Crippen LogP contribution in [-0.4, -0.2) is 58.4 Å². The lowest BCUT2D eigenvalue weighted by Gasteiger charge is -2.36. The van der Waals surface area contributed by atoms with Gasteiger partial charge in [-0.2, -0.15) is 0 Å². The second kappa shape index (κ2) is 8.14. The van der Waals surface area contributed by atoms with Gasteiger partial charge in [0.15, 0.2) is 0 Å². The van der Waals surface area contributed by atoms with Gasteiger partial charge in [0.05, 0.1) is 0 Å². The first-order chi connectivity index (χ1) is 11.9. The molecule has 2 amide bonds. The van der Waals surface area contributed by atoms with Gasteiger partial charge in [0.25, 0.3) is 11.8 Å². The summed E-state index contributed by atoms with van der Waals surface area (Å²) >= 11 is 0. The van der Waals surface area contributed by atoms with Crippen molar-refractivity contribution in [3.63, 3.8) is 0 Å². The van der Waals surface area contributed by atoms with Crippen LogP contribution < -0.4 is 0 Å². The Morgan fingerprint density at radius 2 is 1.68 bits per heavy atom. The predicted molar refractivity (Wildman–Crippen MR) is 94.6 cm³/mol. The van der Waals surface area contributed by atoms with E-state index in [0.29, 0.717) is 43.1 Å². The SMILES string of the molecule is CCN(CC)C(=O)c1ccc(C(=O)N2CCC(C)CC2C(=O)O)cc1. The molecule has 2 unspecified atom stereocenters. The minimum atomic E-state index is -0.965. The summed E-state index contributed by atoms with van der Waals surface area (Å²) in [6.45, 7) is 7.54. The summed E-state index contributed by atoms with van der Waals surface area (Å²) in [4.78, 5) is 39.7. The van der Waals surface area contributed by atoms with Crippen molar-refractivity contribution in [1.82, 2.24) is 9.80 Å². The summed E-state index contributed by atoms with van der Waals surface area (Å²) in [7, 11) is 0. The fourth-order valence-corrected chi connectivity index (χ4v) is 3.23. The average Bonchev–Trinajstić information content (AvgIpc) is 2.62. The highest BCUT2D eigenvalue weighted by Gasteiger charge is 2.35. The molecule has 0 aliphatic carbocycles. The van der Waals surface area contributed by atoms with E-state index in [1.54, 1.807) is 29.2 Å². The summed E-state index contributed by atoms with van der Waals surface area (Å²) in [6.07, 6.45) is 1.27. The number of hydrogen-bond donors (Lipinski definition) is 1. The van der Waals surface area contributed by atoms with Crippen molar-refractivity contribution >= 4 is 17.8 Å². The zero-order chi connectivity index (χ0) is 18.6. The molecule has 0 spiro atoms. The second-order valence-corrected chi connectivity index (χ2v) is 6.54. The average molecular weight is 346 g/mol. The number of piperidine rings is 1. The summed E-state index contributed by atoms with van der Waals surface area (Å²) < 4.78 is 0. The lowest BCUT2D eigenvalue weighted by Crippen LogP contribution is -2.49. The molecule has 1 aromatic carbocycles. The van der Waals surface area contributed by atoms with Crippen molar-refractivity contribution in [3.8, 4) is 0 Å². The van der Waals surface area contributed by atoms with Crippen LogP contribution in [0.15, 0.2) is 24.3 Å². The van der Waals surface area contributed by atoms with E-state index in [1.165, 1.54) is 4.90 Å². The number of likely N-dealkylation sites (tertiary alicyclic amines) is 1. The van der Waals surface area contributed by atoms with Crippen LogP contribution in [-0.2, 0) is 4.79 Å². The van der Waals surface area contributed by atoms with Gasteiger partial charge in [-0.05, 0) is 56.9 Å². The Labute approximate surface area is 148 Å². The van der Waals surface area contributed by atoms with Crippen molar-refractivity contribution in [2.75, 3.05) is 19.6 Å². The summed E-state index contributed by atoms with van der Waals surface area (Å²) in [5.41, 5.74) is 0.944. The summed E-state index contributed by atoms with van der Waals surface area (Å²) in [5.74, 6) is -1.03. The monoisotopic (exact) mass is 346 g/mol. The molecule has 1 aliphatic rings. The maximum Gasteiger partial charge on any atom is 0.326 e. The van der Waals surface area contributed by atoms with Crippen LogP contribution in [0.2, 0.25) is 0 Å². The Morgan fingerprint density at radius 3 is 2.20 bits per heavy atom. The first-order valence-electron chi connectivity index (χ1n) is 8.82. The van der Waals surface area contributed by atoms with Crippen molar-refractivity contribution in [2.45, 2.75) is 39.7 Å². The number of amides is 2. The van der Waals surface area contributed by atoms with Crippen LogP contribution in [0.5, 0.6) is 0 Å². The molecule has 0 radical (unpaired) electrons. The fourth-order valence-electron chi connectivity index (χ4n) is 3.23. The third-order valence-electron chi connectivity index (χ3n) is 4.84. The van der Waals surface area contributed by atoms with Crippen molar-refractivity contribution in [3.05, 3.63) is 35.4 Å². The predicted octanol–water partition coefficient (Wildman–Crippen LogP) is 2.49. The Morgan fingerprint density at radius 1 is 1.12 bits per heavy atom. The fraction of sp³-hybridized carbons (Fsp3) is 0.526. The largest absolute Gasteiger partial charge is 0.480 e. The number of hydrogen-bond acceptors (Lipinski definition) is 3. The Bertz CT molecular complexity index is 637. The molecule has 6 heteroatoms. The van der Waals surface area contributed by atoms with Crippen molar-refractivity contribution in [2.24, 2.45) is 5.92 Å². The van der Waals surface area contributed by atoms with Gasteiger partial charge in [-0.3, -0.25) is 9.59 Å². The van der Waals surface area contributed by atoms with Crippen LogP contribution in [0.4, 0.5) is 0 Å². The Hall–Kier alpha value is -2.37. The van der Waals surface area contributed by atoms with E-state index in [0.717, 1.165) is 6.42 Å². The Balaban J connectivity index is 2.17. The van der Waals surface area contributed by atoms with Gasteiger partial charge < -0.3 is 14.9 Å². The molecule has 2 rings (SSSR count). The van der Waals surface area contributed by atoms with E-state index in [4.69, 9.17) is 0 Å². The van der Waals surface area contributed by atoms with Gasteiger partial charge in [0, 0.05) is 30.8 Å². The highest BCUT2D eigenvalue weighted by Crippen LogP contribution is 2.24. The molecule has 1 heterocycles. The summed E-state index contributed by atoms with van der Waals surface area (Å²) in [5, 5.41) is 9.41. The number of aliphatic carboxylic acids is 1. The zero-order valence-corrected chi connectivity index (χ0v) is 15.1. The Kier molecular flexibility index (Phi) is 6.17. The van der Waals surface area contributed by atoms with E-state index in [-0.39, 0.29) is 11.8 Å². The molecule has 0 bridgehead atoms. The second-order valence-electron chi connectivity index (χ2n) is 6.54. The van der Waals surface area contributed by atoms with E-state index in [1.807, 2.05) is 20.8 Å². The number of nitrogens with zero attached hydrogens (tertiary/aromatic N) is 2. The van der Waals surface area contributed by atoms with Crippen LogP contribution in [0.1, 0.15) is 54.3 Å². The molecule has 1 aliphatic heterocycles. The van der Waals surface area contributed by atoms with Gasteiger partial charge in [0.2, 0.25) is 0 Å². The molecule has 0 aromatic heterocycles. The van der Waals surface area contributed by atoms with Gasteiger partial charge >= 0.3 is 5.97 Å². The molecule has 0 saturated carbocycles. The molecule has 136 valence electrons. The standard InChI is InChI=1S/C19H26N2O4/c1-4-20(5-2)17(22)14-6-8-15(9-7-14)18(23)21-11-10-13(3)12-16(21)19(24)25/h6-9,13,16H,4-5,10-12H2,1-3H3,(H,24,25). The highest BCUT2D eigenvalue weighted by molar-refractivity contribution is 5.99. The van der Waals surface area contributed by atoms with Crippen LogP contribution >= 0.6 is 0 Å². The first-order valence-corrected chi connectivity index (χ1v) is 8.82. The molecule has 2 atom stereocenters. The van der Waals surface area contributed by atoms with E-state index < -0.39 is 12.0 Å². The minimum absolute atomic E-state index is 0.0702. The molecule has 6 nitrogen and oxygen atoms in total. The number of carbonyl (C=O) groups is 3. The van der Waals surface area contributed by atoms with Crippen LogP contribution in [0.3, 0.4) is 0 Å². The van der Waals surface area contributed by atoms with Crippen molar-refractivity contribution < 1.29 is 19.5 Å². The van der Waals surface area contributed by atoms with E-state index >= 15 is 0 Å². The molecular weight excluding hydrogens is 320 g/mol. The lowest BCUT2D eigenvalue weighted by molar-refractivity contribution is -0.144. The minimum Gasteiger partial charge on any atom is -0.480 e. The number of carbonyl (C=O) groups excluding carboxylic acids is 2. The van der Waals surface area contributed by atoms with E-state index in [2.05, 4.69) is 0 Å². The lowest BCUT2D eigenvalue weighted by atomic mass is 9.92. The molecule has 1 N–H and O–H groups in total.